The van der Waals surface area contributed by atoms with Gasteiger partial charge in [0.2, 0.25) is 0 Å². The van der Waals surface area contributed by atoms with Crippen LogP contribution < -0.4 is 0 Å². The van der Waals surface area contributed by atoms with E-state index in [1.54, 1.807) is 6.07 Å². The summed E-state index contributed by atoms with van der Waals surface area (Å²) in [6.45, 7) is 0. The second-order valence-corrected chi connectivity index (χ2v) is 5.47. The van der Waals surface area contributed by atoms with Gasteiger partial charge in [0.1, 0.15) is 10.7 Å². The first-order chi connectivity index (χ1) is 7.00. The number of carbonyl (C=O) groups is 1. The third-order valence-corrected chi connectivity index (χ3v) is 4.21. The zero-order valence-electron chi connectivity index (χ0n) is 6.98. The van der Waals surface area contributed by atoms with Crippen LogP contribution in [-0.4, -0.2) is 5.24 Å². The van der Waals surface area contributed by atoms with Crippen LogP contribution in [0.3, 0.4) is 0 Å². The van der Waals surface area contributed by atoms with Crippen molar-refractivity contribution in [1.82, 2.24) is 0 Å². The average Bonchev–Trinajstić information content (AvgIpc) is 2.42. The van der Waals surface area contributed by atoms with Crippen LogP contribution in [0.15, 0.2) is 16.6 Å². The van der Waals surface area contributed by atoms with E-state index in [9.17, 15) is 9.18 Å². The highest BCUT2D eigenvalue weighted by Gasteiger charge is 2.18. The lowest BCUT2D eigenvalue weighted by molar-refractivity contribution is 0.108. The fraction of sp³-hybridized carbons (Fsp3) is 0. The van der Waals surface area contributed by atoms with Gasteiger partial charge in [0.15, 0.2) is 0 Å². The van der Waals surface area contributed by atoms with Crippen molar-refractivity contribution in [1.29, 1.82) is 0 Å². The predicted molar refractivity (Wildman–Crippen MR) is 64.7 cm³/mol. The lowest BCUT2D eigenvalue weighted by Crippen LogP contribution is -1.83. The third-order valence-electron chi connectivity index (χ3n) is 1.83. The van der Waals surface area contributed by atoms with Crippen molar-refractivity contribution >= 4 is 65.8 Å². The summed E-state index contributed by atoms with van der Waals surface area (Å²) in [4.78, 5) is 11.2. The minimum Gasteiger partial charge on any atom is -0.275 e. The van der Waals surface area contributed by atoms with Crippen molar-refractivity contribution < 1.29 is 9.18 Å². The van der Waals surface area contributed by atoms with Gasteiger partial charge in [-0.2, -0.15) is 0 Å². The molecule has 2 aromatic rings. The Morgan fingerprint density at radius 2 is 2.13 bits per heavy atom. The zero-order chi connectivity index (χ0) is 11.2. The molecular formula is C9H2BrCl2FOS. The molecule has 0 N–H and O–H groups in total. The molecule has 6 heteroatoms. The molecule has 1 aromatic heterocycles. The maximum absolute atomic E-state index is 13.5. The molecule has 0 bridgehead atoms. The van der Waals surface area contributed by atoms with Crippen LogP contribution in [0.4, 0.5) is 4.39 Å². The molecule has 0 spiro atoms. The van der Waals surface area contributed by atoms with Crippen molar-refractivity contribution in [2.75, 3.05) is 0 Å². The summed E-state index contributed by atoms with van der Waals surface area (Å²) in [5, 5.41) is -0.342. The molecule has 0 radical (unpaired) electrons. The predicted octanol–water partition coefficient (Wildman–Crippen LogP) is 4.84. The molecule has 1 heterocycles. The minimum absolute atomic E-state index is 0.0833. The SMILES string of the molecule is O=C(Cl)c1sc2cc(Br)cc(F)c2c1Cl. The van der Waals surface area contributed by atoms with E-state index in [-0.39, 0.29) is 15.3 Å². The largest absolute Gasteiger partial charge is 0.275 e. The van der Waals surface area contributed by atoms with Crippen LogP contribution >= 0.6 is 50.5 Å². The summed E-state index contributed by atoms with van der Waals surface area (Å²) in [6.07, 6.45) is 0. The molecule has 0 saturated carbocycles. The second-order valence-electron chi connectivity index (χ2n) is 2.78. The molecule has 0 aliphatic carbocycles. The minimum atomic E-state index is -0.670. The Kier molecular flexibility index (Phi) is 3.03. The molecule has 78 valence electrons. The standard InChI is InChI=1S/C9H2BrCl2FOS/c10-3-1-4(13)6-5(2-3)15-8(7(6)11)9(12)14/h1-2H. The number of benzene rings is 1. The van der Waals surface area contributed by atoms with E-state index in [0.29, 0.717) is 9.17 Å². The van der Waals surface area contributed by atoms with E-state index in [0.717, 1.165) is 11.3 Å². The summed E-state index contributed by atoms with van der Waals surface area (Å²) in [7, 11) is 0. The van der Waals surface area contributed by atoms with Gasteiger partial charge in [0, 0.05) is 14.6 Å². The Hall–Kier alpha value is -0.160. The number of halogens is 4. The quantitative estimate of drug-likeness (QED) is 0.685. The van der Waals surface area contributed by atoms with Crippen molar-refractivity contribution in [3.05, 3.63) is 32.3 Å². The first-order valence-electron chi connectivity index (χ1n) is 3.77. The summed E-state index contributed by atoms with van der Waals surface area (Å²) < 4.78 is 14.7. The Morgan fingerprint density at radius 3 is 2.73 bits per heavy atom. The van der Waals surface area contributed by atoms with Gasteiger partial charge in [-0.15, -0.1) is 11.3 Å². The number of hydrogen-bond donors (Lipinski definition) is 0. The summed E-state index contributed by atoms with van der Waals surface area (Å²) in [6, 6.07) is 2.99. The van der Waals surface area contributed by atoms with Crippen LogP contribution in [0.25, 0.3) is 10.1 Å². The number of rotatable bonds is 1. The molecule has 0 atom stereocenters. The highest BCUT2D eigenvalue weighted by atomic mass is 79.9. The van der Waals surface area contributed by atoms with E-state index in [1.807, 2.05) is 0 Å². The molecule has 0 unspecified atom stereocenters. The van der Waals surface area contributed by atoms with Crippen LogP contribution in [0, 0.1) is 5.82 Å². The molecule has 0 aliphatic rings. The number of thiophene rings is 1. The third kappa shape index (κ3) is 1.91. The lowest BCUT2D eigenvalue weighted by Gasteiger charge is -1.94. The molecule has 2 rings (SSSR count). The van der Waals surface area contributed by atoms with Gasteiger partial charge >= 0.3 is 0 Å². The Labute approximate surface area is 107 Å². The highest BCUT2D eigenvalue weighted by molar-refractivity contribution is 9.10. The molecule has 1 aromatic carbocycles. The van der Waals surface area contributed by atoms with E-state index in [4.69, 9.17) is 23.2 Å². The molecule has 15 heavy (non-hydrogen) atoms. The van der Waals surface area contributed by atoms with Gasteiger partial charge in [0.25, 0.3) is 5.24 Å². The molecule has 1 nitrogen and oxygen atoms in total. The van der Waals surface area contributed by atoms with Crippen molar-refractivity contribution in [2.45, 2.75) is 0 Å². The zero-order valence-corrected chi connectivity index (χ0v) is 10.9. The second kappa shape index (κ2) is 4.01. The normalized spacial score (nSPS) is 10.9. The first-order valence-corrected chi connectivity index (χ1v) is 6.14. The summed E-state index contributed by atoms with van der Waals surface area (Å²) in [5.41, 5.74) is 0. The maximum atomic E-state index is 13.5. The fourth-order valence-electron chi connectivity index (χ4n) is 1.24. The summed E-state index contributed by atoms with van der Waals surface area (Å²) >= 11 is 15.4. The van der Waals surface area contributed by atoms with Crippen LogP contribution in [0.5, 0.6) is 0 Å². The molecule has 0 fully saturated rings. The van der Waals surface area contributed by atoms with E-state index < -0.39 is 11.1 Å². The number of fused-ring (bicyclic) bond motifs is 1. The Morgan fingerprint density at radius 1 is 1.47 bits per heavy atom. The molecular weight excluding hydrogens is 326 g/mol. The number of hydrogen-bond acceptors (Lipinski definition) is 2. The van der Waals surface area contributed by atoms with Crippen LogP contribution in [-0.2, 0) is 0 Å². The van der Waals surface area contributed by atoms with Gasteiger partial charge in [-0.1, -0.05) is 27.5 Å². The summed E-state index contributed by atoms with van der Waals surface area (Å²) in [5.74, 6) is -0.468. The monoisotopic (exact) mass is 326 g/mol. The molecule has 0 saturated heterocycles. The van der Waals surface area contributed by atoms with Gasteiger partial charge in [-0.05, 0) is 23.7 Å². The van der Waals surface area contributed by atoms with Crippen LogP contribution in [0.1, 0.15) is 9.67 Å². The number of carbonyl (C=O) groups excluding carboxylic acids is 1. The van der Waals surface area contributed by atoms with Gasteiger partial charge < -0.3 is 0 Å². The lowest BCUT2D eigenvalue weighted by atomic mass is 10.2. The van der Waals surface area contributed by atoms with Gasteiger partial charge in [0.05, 0.1) is 5.02 Å². The fourth-order valence-corrected chi connectivity index (χ4v) is 3.51. The Balaban J connectivity index is 2.88. The molecule has 0 aliphatic heterocycles. The first kappa shape index (κ1) is 11.3. The maximum Gasteiger partial charge on any atom is 0.263 e. The van der Waals surface area contributed by atoms with Crippen molar-refractivity contribution in [2.24, 2.45) is 0 Å². The van der Waals surface area contributed by atoms with E-state index >= 15 is 0 Å². The van der Waals surface area contributed by atoms with E-state index in [2.05, 4.69) is 15.9 Å². The van der Waals surface area contributed by atoms with E-state index in [1.165, 1.54) is 6.07 Å². The van der Waals surface area contributed by atoms with Gasteiger partial charge in [-0.25, -0.2) is 4.39 Å². The van der Waals surface area contributed by atoms with Gasteiger partial charge in [-0.3, -0.25) is 4.79 Å². The van der Waals surface area contributed by atoms with Crippen LogP contribution in [0.2, 0.25) is 5.02 Å². The topological polar surface area (TPSA) is 17.1 Å². The molecule has 0 amide bonds. The average molecular weight is 328 g/mol. The van der Waals surface area contributed by atoms with Crippen molar-refractivity contribution in [3.63, 3.8) is 0 Å². The Bertz CT molecular complexity index is 567. The highest BCUT2D eigenvalue weighted by Crippen LogP contribution is 2.39. The van der Waals surface area contributed by atoms with Crippen molar-refractivity contribution in [3.8, 4) is 0 Å². The smallest absolute Gasteiger partial charge is 0.263 e.